The van der Waals surface area contributed by atoms with Gasteiger partial charge in [0.05, 0.1) is 29.9 Å². The molecule has 1 amide bonds. The molecule has 32 heavy (non-hydrogen) atoms. The minimum absolute atomic E-state index is 0.299. The van der Waals surface area contributed by atoms with Crippen molar-refractivity contribution in [2.24, 2.45) is 0 Å². The summed E-state index contributed by atoms with van der Waals surface area (Å²) in [4.78, 5) is 24.9. The Bertz CT molecular complexity index is 1250. The molecule has 0 aliphatic carbocycles. The zero-order valence-electron chi connectivity index (χ0n) is 17.3. The lowest BCUT2D eigenvalue weighted by Crippen LogP contribution is -2.14. The highest BCUT2D eigenvalue weighted by Gasteiger charge is 2.16. The van der Waals surface area contributed by atoms with Gasteiger partial charge in [0.15, 0.2) is 0 Å². The fourth-order valence-electron chi connectivity index (χ4n) is 3.36. The van der Waals surface area contributed by atoms with Gasteiger partial charge in [0.2, 0.25) is 0 Å². The van der Waals surface area contributed by atoms with Gasteiger partial charge in [-0.1, -0.05) is 54.1 Å². The van der Waals surface area contributed by atoms with Crippen LogP contribution in [0.1, 0.15) is 26.3 Å². The molecule has 7 heteroatoms. The van der Waals surface area contributed by atoms with Crippen LogP contribution in [-0.2, 0) is 11.3 Å². The van der Waals surface area contributed by atoms with Gasteiger partial charge in [0.1, 0.15) is 0 Å². The highest BCUT2D eigenvalue weighted by Crippen LogP contribution is 2.28. The number of esters is 1. The molecule has 0 atom stereocenters. The summed E-state index contributed by atoms with van der Waals surface area (Å²) < 4.78 is 6.59. The largest absolute Gasteiger partial charge is 0.465 e. The summed E-state index contributed by atoms with van der Waals surface area (Å²) >= 11 is 6.23. The Morgan fingerprint density at radius 1 is 1.03 bits per heavy atom. The molecule has 160 valence electrons. The Labute approximate surface area is 190 Å². The summed E-state index contributed by atoms with van der Waals surface area (Å²) in [6, 6.07) is 21.8. The van der Waals surface area contributed by atoms with Crippen molar-refractivity contribution < 1.29 is 14.3 Å². The van der Waals surface area contributed by atoms with E-state index in [4.69, 9.17) is 16.3 Å². The van der Waals surface area contributed by atoms with E-state index in [1.54, 1.807) is 30.5 Å². The molecule has 1 N–H and O–H groups in total. The number of halogens is 1. The topological polar surface area (TPSA) is 73.2 Å². The first-order valence-corrected chi connectivity index (χ1v) is 10.3. The number of amides is 1. The number of rotatable bonds is 6. The van der Waals surface area contributed by atoms with E-state index < -0.39 is 5.97 Å². The Morgan fingerprint density at radius 3 is 2.53 bits per heavy atom. The van der Waals surface area contributed by atoms with E-state index in [-0.39, 0.29) is 5.91 Å². The van der Waals surface area contributed by atoms with Gasteiger partial charge >= 0.3 is 5.97 Å². The lowest BCUT2D eigenvalue weighted by Gasteiger charge is -2.13. The number of aromatic nitrogens is 2. The number of nitrogens with zero attached hydrogens (tertiary/aromatic N) is 2. The third-order valence-electron chi connectivity index (χ3n) is 4.98. The molecule has 0 radical (unpaired) electrons. The Morgan fingerprint density at radius 2 is 1.81 bits per heavy atom. The molecule has 0 aliphatic heterocycles. The van der Waals surface area contributed by atoms with E-state index in [1.165, 1.54) is 13.2 Å². The maximum atomic E-state index is 13.1. The summed E-state index contributed by atoms with van der Waals surface area (Å²) in [6.45, 7) is 0.671. The highest BCUT2D eigenvalue weighted by atomic mass is 35.5. The maximum Gasteiger partial charge on any atom is 0.337 e. The van der Waals surface area contributed by atoms with Crippen molar-refractivity contribution in [2.45, 2.75) is 6.54 Å². The van der Waals surface area contributed by atoms with Crippen molar-refractivity contribution in [3.63, 3.8) is 0 Å². The highest BCUT2D eigenvalue weighted by molar-refractivity contribution is 6.34. The van der Waals surface area contributed by atoms with Crippen molar-refractivity contribution in [1.82, 2.24) is 9.78 Å². The first-order chi connectivity index (χ1) is 15.5. The minimum Gasteiger partial charge on any atom is -0.465 e. The second kappa shape index (κ2) is 9.49. The summed E-state index contributed by atoms with van der Waals surface area (Å²) in [6.07, 6.45) is 3.66. The Kier molecular flexibility index (Phi) is 6.33. The predicted octanol–water partition coefficient (Wildman–Crippen LogP) is 5.29. The molecule has 0 saturated heterocycles. The summed E-state index contributed by atoms with van der Waals surface area (Å²) in [5.74, 6) is -0.835. The number of methoxy groups -OCH3 is 1. The number of anilines is 1. The van der Waals surface area contributed by atoms with Gasteiger partial charge in [-0.25, -0.2) is 4.79 Å². The summed E-state index contributed by atoms with van der Waals surface area (Å²) in [7, 11) is 1.30. The zero-order valence-corrected chi connectivity index (χ0v) is 18.0. The van der Waals surface area contributed by atoms with Crippen molar-refractivity contribution in [1.29, 1.82) is 0 Å². The van der Waals surface area contributed by atoms with Crippen LogP contribution in [0, 0.1) is 0 Å². The van der Waals surface area contributed by atoms with E-state index in [2.05, 4.69) is 10.4 Å². The average molecular weight is 446 g/mol. The maximum absolute atomic E-state index is 13.1. The molecule has 4 aromatic rings. The SMILES string of the molecule is COC(=O)c1ccc(Cl)c(NC(=O)c2ccccc2-c2ccc(Cn3cccn3)cc2)c1. The van der Waals surface area contributed by atoms with Crippen molar-refractivity contribution in [2.75, 3.05) is 12.4 Å². The first kappa shape index (κ1) is 21.3. The lowest BCUT2D eigenvalue weighted by molar-refractivity contribution is 0.0600. The lowest BCUT2D eigenvalue weighted by atomic mass is 9.98. The van der Waals surface area contributed by atoms with Crippen molar-refractivity contribution in [3.8, 4) is 11.1 Å². The van der Waals surface area contributed by atoms with Gasteiger partial charge in [-0.05, 0) is 47.0 Å². The van der Waals surface area contributed by atoms with Crippen LogP contribution >= 0.6 is 11.6 Å². The number of hydrogen-bond donors (Lipinski definition) is 1. The number of carbonyl (C=O) groups excluding carboxylic acids is 2. The van der Waals surface area contributed by atoms with Crippen LogP contribution in [-0.4, -0.2) is 28.8 Å². The zero-order chi connectivity index (χ0) is 22.5. The third kappa shape index (κ3) is 4.71. The number of hydrogen-bond acceptors (Lipinski definition) is 4. The molecule has 6 nitrogen and oxygen atoms in total. The Hall–Kier alpha value is -3.90. The van der Waals surface area contributed by atoms with Crippen LogP contribution in [0.15, 0.2) is 85.2 Å². The van der Waals surface area contributed by atoms with Crippen molar-refractivity contribution in [3.05, 3.63) is 107 Å². The smallest absolute Gasteiger partial charge is 0.337 e. The molecule has 0 spiro atoms. The van der Waals surface area contributed by atoms with Crippen molar-refractivity contribution >= 4 is 29.2 Å². The molecule has 1 aromatic heterocycles. The first-order valence-electron chi connectivity index (χ1n) is 9.90. The van der Waals surface area contributed by atoms with Crippen LogP contribution in [0.5, 0.6) is 0 Å². The molecule has 3 aromatic carbocycles. The molecular weight excluding hydrogens is 426 g/mol. The van der Waals surface area contributed by atoms with Gasteiger partial charge in [0.25, 0.3) is 5.91 Å². The van der Waals surface area contributed by atoms with Crippen LogP contribution < -0.4 is 5.32 Å². The van der Waals surface area contributed by atoms with Crippen LogP contribution in [0.25, 0.3) is 11.1 Å². The standard InChI is InChI=1S/C25H20ClN3O3/c1-32-25(31)19-11-12-22(26)23(15-19)28-24(30)21-6-3-2-5-20(21)18-9-7-17(8-10-18)16-29-14-4-13-27-29/h2-15H,16H2,1H3,(H,28,30). The predicted molar refractivity (Wildman–Crippen MR) is 124 cm³/mol. The van der Waals surface area contributed by atoms with E-state index in [9.17, 15) is 9.59 Å². The minimum atomic E-state index is -0.507. The molecule has 0 aliphatic rings. The van der Waals surface area contributed by atoms with E-state index in [0.29, 0.717) is 28.4 Å². The van der Waals surface area contributed by atoms with E-state index >= 15 is 0 Å². The summed E-state index contributed by atoms with van der Waals surface area (Å²) in [5.41, 5.74) is 3.93. The third-order valence-corrected chi connectivity index (χ3v) is 5.31. The van der Waals surface area contributed by atoms with E-state index in [0.717, 1.165) is 16.7 Å². The van der Waals surface area contributed by atoms with Crippen LogP contribution in [0.2, 0.25) is 5.02 Å². The van der Waals surface area contributed by atoms with Crippen LogP contribution in [0.3, 0.4) is 0 Å². The molecule has 0 fully saturated rings. The number of carbonyl (C=O) groups is 2. The number of benzene rings is 3. The van der Waals surface area contributed by atoms with Gasteiger partial charge in [0, 0.05) is 18.0 Å². The molecule has 0 bridgehead atoms. The molecule has 4 rings (SSSR count). The fourth-order valence-corrected chi connectivity index (χ4v) is 3.52. The Balaban J connectivity index is 1.58. The normalized spacial score (nSPS) is 10.6. The van der Waals surface area contributed by atoms with E-state index in [1.807, 2.05) is 53.3 Å². The summed E-state index contributed by atoms with van der Waals surface area (Å²) in [5, 5.41) is 7.36. The fraction of sp³-hybridized carbons (Fsp3) is 0.0800. The monoisotopic (exact) mass is 445 g/mol. The molecule has 0 saturated carbocycles. The quantitative estimate of drug-likeness (QED) is 0.409. The second-order valence-electron chi connectivity index (χ2n) is 7.09. The number of nitrogens with one attached hydrogen (secondary N) is 1. The van der Waals surface area contributed by atoms with Crippen LogP contribution in [0.4, 0.5) is 5.69 Å². The molecule has 0 unspecified atom stereocenters. The number of ether oxygens (including phenoxy) is 1. The average Bonchev–Trinajstić information content (AvgIpc) is 3.33. The molecular formula is C25H20ClN3O3. The van der Waals surface area contributed by atoms with Gasteiger partial charge in [-0.3, -0.25) is 9.48 Å². The van der Waals surface area contributed by atoms with Gasteiger partial charge in [-0.2, -0.15) is 5.10 Å². The molecule has 1 heterocycles. The second-order valence-corrected chi connectivity index (χ2v) is 7.49. The van der Waals surface area contributed by atoms with Gasteiger partial charge in [-0.15, -0.1) is 0 Å². The van der Waals surface area contributed by atoms with Gasteiger partial charge < -0.3 is 10.1 Å².